The molecule has 8 heteroatoms. The van der Waals surface area contributed by atoms with Gasteiger partial charge in [0.1, 0.15) is 0 Å². The lowest BCUT2D eigenvalue weighted by molar-refractivity contribution is -0.143. The first-order chi connectivity index (χ1) is 15.3. The van der Waals surface area contributed by atoms with E-state index in [0.29, 0.717) is 16.7 Å². The van der Waals surface area contributed by atoms with Crippen molar-refractivity contribution < 1.29 is 18.3 Å². The molecular weight excluding hydrogens is 466 g/mol. The summed E-state index contributed by atoms with van der Waals surface area (Å²) in [5.74, 6) is -1.69. The quantitative estimate of drug-likeness (QED) is 0.572. The van der Waals surface area contributed by atoms with Crippen LogP contribution >= 0.6 is 23.4 Å². The third-order valence-corrected chi connectivity index (χ3v) is 10.3. The second-order valence-corrected chi connectivity index (χ2v) is 12.6. The molecule has 2 fully saturated rings. The van der Waals surface area contributed by atoms with E-state index in [1.165, 1.54) is 17.1 Å². The van der Waals surface area contributed by atoms with Gasteiger partial charge in [0.25, 0.3) is 0 Å². The molecule has 1 N–H and O–H groups in total. The van der Waals surface area contributed by atoms with Crippen LogP contribution in [0.15, 0.2) is 53.4 Å². The molecule has 1 saturated heterocycles. The summed E-state index contributed by atoms with van der Waals surface area (Å²) in [6.07, 6.45) is 4.99. The Morgan fingerprint density at radius 2 is 1.81 bits per heavy atom. The predicted molar refractivity (Wildman–Crippen MR) is 129 cm³/mol. The Labute approximate surface area is 199 Å². The van der Waals surface area contributed by atoms with Gasteiger partial charge in [-0.15, -0.1) is 0 Å². The molecule has 0 spiro atoms. The van der Waals surface area contributed by atoms with Gasteiger partial charge >= 0.3 is 5.97 Å². The van der Waals surface area contributed by atoms with Crippen LogP contribution in [0.5, 0.6) is 0 Å². The summed E-state index contributed by atoms with van der Waals surface area (Å²) in [6.45, 7) is 1.85. The average Bonchev–Trinajstić information content (AvgIpc) is 3.26. The maximum Gasteiger partial charge on any atom is 0.308 e. The number of aryl methyl sites for hydroxylation is 1. The van der Waals surface area contributed by atoms with Crippen molar-refractivity contribution in [1.29, 1.82) is 0 Å². The van der Waals surface area contributed by atoms with E-state index in [0.717, 1.165) is 24.0 Å². The van der Waals surface area contributed by atoms with Gasteiger partial charge in [-0.25, -0.2) is 8.42 Å². The Kier molecular flexibility index (Phi) is 7.20. The maximum atomic E-state index is 13.7. The minimum atomic E-state index is -3.89. The zero-order valence-electron chi connectivity index (χ0n) is 18.0. The highest BCUT2D eigenvalue weighted by Gasteiger charge is 2.46. The van der Waals surface area contributed by atoms with Crippen molar-refractivity contribution in [1.82, 2.24) is 4.31 Å². The smallest absolute Gasteiger partial charge is 0.308 e. The highest BCUT2D eigenvalue weighted by Crippen LogP contribution is 2.45. The number of hydrogen-bond acceptors (Lipinski definition) is 4. The zero-order chi connectivity index (χ0) is 22.9. The summed E-state index contributed by atoms with van der Waals surface area (Å²) in [5.41, 5.74) is 1.76. The van der Waals surface area contributed by atoms with Crippen LogP contribution < -0.4 is 0 Å². The van der Waals surface area contributed by atoms with Gasteiger partial charge in [-0.05, 0) is 56.0 Å². The lowest BCUT2D eigenvalue weighted by Gasteiger charge is -2.42. The minimum Gasteiger partial charge on any atom is -0.481 e. The number of hydrogen-bond donors (Lipinski definition) is 1. The normalized spacial score (nSPS) is 25.1. The fraction of sp³-hybridized carbons (Fsp3) is 0.458. The molecule has 32 heavy (non-hydrogen) atoms. The van der Waals surface area contributed by atoms with Crippen LogP contribution in [0.4, 0.5) is 0 Å². The van der Waals surface area contributed by atoms with Gasteiger partial charge < -0.3 is 5.11 Å². The number of carboxylic acid groups (broad SMARTS) is 1. The van der Waals surface area contributed by atoms with Gasteiger partial charge in [-0.2, -0.15) is 16.1 Å². The highest BCUT2D eigenvalue weighted by molar-refractivity contribution is 8.00. The van der Waals surface area contributed by atoms with Crippen molar-refractivity contribution in [3.63, 3.8) is 0 Å². The van der Waals surface area contributed by atoms with Gasteiger partial charge in [-0.3, -0.25) is 4.79 Å². The number of carbonyl (C=O) groups is 1. The first kappa shape index (κ1) is 23.6. The lowest BCUT2D eigenvalue weighted by atomic mass is 9.90. The van der Waals surface area contributed by atoms with Gasteiger partial charge in [-0.1, -0.05) is 54.3 Å². The number of halogens is 1. The van der Waals surface area contributed by atoms with Crippen LogP contribution in [0.2, 0.25) is 5.02 Å². The predicted octanol–water partition coefficient (Wildman–Crippen LogP) is 5.53. The standard InChI is InChI=1S/C24H28ClNO4S2/c1-16-9-11-20(12-10-16)32(29,30)26-15-21(24(27)28)23(31-19-7-2-3-8-19)14-22(26)17-5-4-6-18(25)13-17/h4-6,9-13,19,21-23H,2-3,7-8,14-15H2,1H3,(H,27,28)/t21-,22+,23-/m1/s1. The molecule has 2 aromatic rings. The van der Waals surface area contributed by atoms with Crippen LogP contribution in [-0.4, -0.2) is 40.8 Å². The van der Waals surface area contributed by atoms with Crippen LogP contribution in [0.25, 0.3) is 0 Å². The van der Waals surface area contributed by atoms with E-state index in [4.69, 9.17) is 11.6 Å². The lowest BCUT2D eigenvalue weighted by Crippen LogP contribution is -2.49. The van der Waals surface area contributed by atoms with Crippen molar-refractivity contribution >= 4 is 39.4 Å². The van der Waals surface area contributed by atoms with Gasteiger partial charge in [0, 0.05) is 22.1 Å². The van der Waals surface area contributed by atoms with Crippen LogP contribution in [-0.2, 0) is 14.8 Å². The molecule has 3 atom stereocenters. The molecule has 0 unspecified atom stereocenters. The monoisotopic (exact) mass is 493 g/mol. The highest BCUT2D eigenvalue weighted by atomic mass is 35.5. The molecule has 1 aliphatic carbocycles. The first-order valence-corrected chi connectivity index (χ1v) is 13.7. The molecule has 0 radical (unpaired) electrons. The fourth-order valence-electron chi connectivity index (χ4n) is 4.73. The Bertz CT molecular complexity index is 1070. The Morgan fingerprint density at radius 1 is 1.12 bits per heavy atom. The molecule has 1 saturated carbocycles. The minimum absolute atomic E-state index is 0.0485. The van der Waals surface area contributed by atoms with Crippen LogP contribution in [0.3, 0.4) is 0 Å². The van der Waals surface area contributed by atoms with Crippen molar-refractivity contribution in [2.24, 2.45) is 5.92 Å². The largest absolute Gasteiger partial charge is 0.481 e. The van der Waals surface area contributed by atoms with E-state index in [2.05, 4.69) is 0 Å². The molecule has 0 bridgehead atoms. The van der Waals surface area contributed by atoms with E-state index in [1.807, 2.05) is 19.1 Å². The summed E-state index contributed by atoms with van der Waals surface area (Å²) in [4.78, 5) is 12.4. The second-order valence-electron chi connectivity index (χ2n) is 8.72. The fourth-order valence-corrected chi connectivity index (χ4v) is 8.36. The molecule has 172 valence electrons. The number of sulfonamides is 1. The molecule has 5 nitrogen and oxygen atoms in total. The number of carboxylic acids is 1. The summed E-state index contributed by atoms with van der Waals surface area (Å²) >= 11 is 7.99. The number of piperidine rings is 1. The Balaban J connectivity index is 1.73. The second kappa shape index (κ2) is 9.75. The summed E-state index contributed by atoms with van der Waals surface area (Å²) in [5, 5.41) is 10.9. The van der Waals surface area contributed by atoms with Gasteiger partial charge in [0.15, 0.2) is 0 Å². The van der Waals surface area contributed by atoms with E-state index >= 15 is 0 Å². The molecule has 4 rings (SSSR count). The maximum absolute atomic E-state index is 13.7. The van der Waals surface area contributed by atoms with Crippen molar-refractivity contribution in [2.45, 2.75) is 60.5 Å². The van der Waals surface area contributed by atoms with E-state index in [-0.39, 0.29) is 16.7 Å². The van der Waals surface area contributed by atoms with Crippen molar-refractivity contribution in [2.75, 3.05) is 6.54 Å². The summed E-state index contributed by atoms with van der Waals surface area (Å²) in [7, 11) is -3.89. The molecule has 0 aromatic heterocycles. The van der Waals surface area contributed by atoms with Gasteiger partial charge in [0.2, 0.25) is 10.0 Å². The number of benzene rings is 2. The molecule has 2 aliphatic rings. The first-order valence-electron chi connectivity index (χ1n) is 11.0. The number of aliphatic carboxylic acids is 1. The summed E-state index contributed by atoms with van der Waals surface area (Å²) < 4.78 is 28.7. The molecule has 0 amide bonds. The molecule has 1 aliphatic heterocycles. The van der Waals surface area contributed by atoms with Gasteiger partial charge in [0.05, 0.1) is 16.9 Å². The van der Waals surface area contributed by atoms with E-state index < -0.39 is 28.0 Å². The van der Waals surface area contributed by atoms with Crippen molar-refractivity contribution in [3.8, 4) is 0 Å². The number of nitrogens with zero attached hydrogens (tertiary/aromatic N) is 1. The van der Waals surface area contributed by atoms with E-state index in [9.17, 15) is 18.3 Å². The number of thioether (sulfide) groups is 1. The topological polar surface area (TPSA) is 74.7 Å². The van der Waals surface area contributed by atoms with Crippen LogP contribution in [0.1, 0.15) is 49.3 Å². The average molecular weight is 494 g/mol. The Morgan fingerprint density at radius 3 is 2.44 bits per heavy atom. The summed E-state index contributed by atoms with van der Waals surface area (Å²) in [6, 6.07) is 13.5. The third-order valence-electron chi connectivity index (χ3n) is 6.48. The molecule has 1 heterocycles. The molecule has 2 aromatic carbocycles. The van der Waals surface area contributed by atoms with Crippen LogP contribution in [0, 0.1) is 12.8 Å². The number of rotatable bonds is 6. The Hall–Kier alpha value is -1.54. The van der Waals surface area contributed by atoms with Crippen molar-refractivity contribution in [3.05, 3.63) is 64.7 Å². The zero-order valence-corrected chi connectivity index (χ0v) is 20.4. The molecular formula is C24H28ClNO4S2. The van der Waals surface area contributed by atoms with E-state index in [1.54, 1.807) is 48.2 Å². The SMILES string of the molecule is Cc1ccc(S(=O)(=O)N2C[C@@H](C(=O)O)[C@H](SC3CCCC3)C[C@H]2c2cccc(Cl)c2)cc1. The third kappa shape index (κ3) is 5.01.